The van der Waals surface area contributed by atoms with Gasteiger partial charge < -0.3 is 9.47 Å². The Labute approximate surface area is 118 Å². The lowest BCUT2D eigenvalue weighted by Gasteiger charge is -2.04. The molecule has 0 N–H and O–H groups in total. The predicted molar refractivity (Wildman–Crippen MR) is 76.7 cm³/mol. The van der Waals surface area contributed by atoms with Crippen molar-refractivity contribution in [3.8, 4) is 0 Å². The highest BCUT2D eigenvalue weighted by Gasteiger charge is 2.05. The molecule has 0 aromatic heterocycles. The van der Waals surface area contributed by atoms with Gasteiger partial charge in [0, 0.05) is 3.58 Å². The van der Waals surface area contributed by atoms with Gasteiger partial charge in [-0.2, -0.15) is 0 Å². The van der Waals surface area contributed by atoms with Crippen LogP contribution in [-0.4, -0.2) is 19.4 Å². The maximum atomic E-state index is 10.9. The normalized spacial score (nSPS) is 9.23. The fraction of sp³-hybridized carbons (Fsp3) is 0.571. The van der Waals surface area contributed by atoms with Crippen LogP contribution in [0.5, 0.6) is 0 Å². The molecule has 0 aliphatic heterocycles. The van der Waals surface area contributed by atoms with Crippen molar-refractivity contribution < 1.29 is 14.3 Å². The second kappa shape index (κ2) is 8.50. The van der Waals surface area contributed by atoms with Crippen molar-refractivity contribution in [3.63, 3.8) is 0 Å². The standard InChI is InChI=1S/C7H9I3O3/c1-2-3-12-7(11)13-4-5(8)6(9)10/h2-4H2,1H3. The Bertz CT molecular complexity index is 199. The largest absolute Gasteiger partial charge is 0.508 e. The summed E-state index contributed by atoms with van der Waals surface area (Å²) in [5.74, 6) is 0. The number of carbonyl (C=O) groups excluding carboxylic acids is 1. The highest BCUT2D eigenvalue weighted by Crippen LogP contribution is 2.25. The quantitative estimate of drug-likeness (QED) is 0.414. The molecule has 0 rings (SSSR count). The van der Waals surface area contributed by atoms with Crippen molar-refractivity contribution in [1.82, 2.24) is 0 Å². The Morgan fingerprint density at radius 1 is 1.23 bits per heavy atom. The zero-order valence-electron chi connectivity index (χ0n) is 6.98. The topological polar surface area (TPSA) is 35.5 Å². The van der Waals surface area contributed by atoms with Crippen LogP contribution < -0.4 is 0 Å². The molecule has 0 aliphatic rings. The van der Waals surface area contributed by atoms with Gasteiger partial charge in [0.05, 0.1) is 8.19 Å². The molecule has 0 bridgehead atoms. The Balaban J connectivity index is 3.65. The van der Waals surface area contributed by atoms with Crippen molar-refractivity contribution in [2.24, 2.45) is 0 Å². The Morgan fingerprint density at radius 2 is 1.85 bits per heavy atom. The number of rotatable bonds is 4. The van der Waals surface area contributed by atoms with Gasteiger partial charge in [-0.3, -0.25) is 0 Å². The molecule has 0 radical (unpaired) electrons. The number of hydrogen-bond acceptors (Lipinski definition) is 3. The van der Waals surface area contributed by atoms with E-state index in [4.69, 9.17) is 9.47 Å². The van der Waals surface area contributed by atoms with Crippen LogP contribution in [0.1, 0.15) is 13.3 Å². The van der Waals surface area contributed by atoms with E-state index in [2.05, 4.69) is 67.8 Å². The molecule has 0 unspecified atom stereocenters. The molecule has 0 aliphatic carbocycles. The van der Waals surface area contributed by atoms with Crippen LogP contribution in [0.2, 0.25) is 0 Å². The van der Waals surface area contributed by atoms with Gasteiger partial charge in [0.2, 0.25) is 0 Å². The first-order valence-corrected chi connectivity index (χ1v) is 6.80. The molecule has 3 nitrogen and oxygen atoms in total. The second-order valence-corrected chi connectivity index (χ2v) is 7.58. The van der Waals surface area contributed by atoms with Gasteiger partial charge in [-0.1, -0.05) is 6.92 Å². The third kappa shape index (κ3) is 8.21. The maximum absolute atomic E-state index is 10.9. The summed E-state index contributed by atoms with van der Waals surface area (Å²) in [6.45, 7) is 2.65. The lowest BCUT2D eigenvalue weighted by Crippen LogP contribution is -2.09. The molecule has 0 heterocycles. The zero-order chi connectivity index (χ0) is 10.3. The number of carbonyl (C=O) groups is 1. The Morgan fingerprint density at radius 3 is 2.31 bits per heavy atom. The first-order valence-electron chi connectivity index (χ1n) is 3.57. The van der Waals surface area contributed by atoms with Crippen molar-refractivity contribution in [3.05, 3.63) is 5.17 Å². The highest BCUT2D eigenvalue weighted by molar-refractivity contribution is 14.2. The van der Waals surface area contributed by atoms with Gasteiger partial charge in [-0.05, 0) is 74.2 Å². The van der Waals surface area contributed by atoms with Gasteiger partial charge in [0.25, 0.3) is 0 Å². The first kappa shape index (κ1) is 14.2. The third-order valence-corrected chi connectivity index (χ3v) is 5.16. The van der Waals surface area contributed by atoms with Gasteiger partial charge in [0.15, 0.2) is 0 Å². The van der Waals surface area contributed by atoms with Crippen LogP contribution in [-0.2, 0) is 9.47 Å². The fourth-order valence-electron chi connectivity index (χ4n) is 0.404. The zero-order valence-corrected chi connectivity index (χ0v) is 13.5. The SMILES string of the molecule is CCCOC(=O)OCC(I)=C(I)I. The molecular formula is C7H9I3O3. The van der Waals surface area contributed by atoms with Crippen molar-refractivity contribution >= 4 is 73.9 Å². The van der Waals surface area contributed by atoms with Crippen LogP contribution in [0.4, 0.5) is 4.79 Å². The van der Waals surface area contributed by atoms with E-state index in [1.165, 1.54) is 0 Å². The van der Waals surface area contributed by atoms with E-state index in [0.717, 1.165) is 11.6 Å². The lowest BCUT2D eigenvalue weighted by atomic mass is 10.5. The van der Waals surface area contributed by atoms with Crippen LogP contribution in [0.25, 0.3) is 0 Å². The van der Waals surface area contributed by atoms with Crippen molar-refractivity contribution in [1.29, 1.82) is 0 Å². The van der Waals surface area contributed by atoms with E-state index in [1.807, 2.05) is 6.92 Å². The summed E-state index contributed by atoms with van der Waals surface area (Å²) < 4.78 is 11.7. The van der Waals surface area contributed by atoms with E-state index in [-0.39, 0.29) is 0 Å². The van der Waals surface area contributed by atoms with Gasteiger partial charge in [-0.25, -0.2) is 4.79 Å². The van der Waals surface area contributed by atoms with E-state index < -0.39 is 6.16 Å². The summed E-state index contributed by atoms with van der Waals surface area (Å²) in [7, 11) is 0. The highest BCUT2D eigenvalue weighted by atomic mass is 127. The van der Waals surface area contributed by atoms with Gasteiger partial charge in [-0.15, -0.1) is 0 Å². The minimum absolute atomic E-state index is 0.296. The molecule has 0 atom stereocenters. The molecule has 13 heavy (non-hydrogen) atoms. The molecule has 0 amide bonds. The minimum Gasteiger partial charge on any atom is -0.434 e. The maximum Gasteiger partial charge on any atom is 0.508 e. The molecule has 0 saturated carbocycles. The third-order valence-electron chi connectivity index (χ3n) is 0.946. The molecule has 0 aromatic rings. The van der Waals surface area contributed by atoms with E-state index in [1.54, 1.807) is 0 Å². The summed E-state index contributed by atoms with van der Waals surface area (Å²) in [6, 6.07) is 0. The average molecular weight is 522 g/mol. The summed E-state index contributed by atoms with van der Waals surface area (Å²) >= 11 is 6.48. The molecule has 0 aromatic carbocycles. The molecule has 76 valence electrons. The Hall–Kier alpha value is 1.20. The minimum atomic E-state index is -0.593. The van der Waals surface area contributed by atoms with E-state index >= 15 is 0 Å². The number of hydrogen-bond donors (Lipinski definition) is 0. The summed E-state index contributed by atoms with van der Waals surface area (Å²) in [4.78, 5) is 10.9. The Kier molecular flexibility index (Phi) is 9.29. The van der Waals surface area contributed by atoms with Crippen LogP contribution >= 0.6 is 67.8 Å². The second-order valence-electron chi connectivity index (χ2n) is 2.05. The lowest BCUT2D eigenvalue weighted by molar-refractivity contribution is 0.0631. The summed E-state index contributed by atoms with van der Waals surface area (Å²) in [5.41, 5.74) is 0. The number of halogens is 3. The molecule has 0 saturated heterocycles. The molecule has 6 heteroatoms. The van der Waals surface area contributed by atoms with Crippen molar-refractivity contribution in [2.75, 3.05) is 13.2 Å². The van der Waals surface area contributed by atoms with E-state index in [0.29, 0.717) is 13.2 Å². The fourth-order valence-corrected chi connectivity index (χ4v) is 0.871. The molecular weight excluding hydrogens is 513 g/mol. The van der Waals surface area contributed by atoms with Crippen molar-refractivity contribution in [2.45, 2.75) is 13.3 Å². The van der Waals surface area contributed by atoms with Gasteiger partial charge in [0.1, 0.15) is 6.61 Å². The van der Waals surface area contributed by atoms with Gasteiger partial charge >= 0.3 is 6.16 Å². The predicted octanol–water partition coefficient (Wildman–Crippen LogP) is 4.02. The first-order chi connectivity index (χ1) is 6.07. The number of ether oxygens (including phenoxy) is 2. The molecule has 0 fully saturated rings. The van der Waals surface area contributed by atoms with Crippen LogP contribution in [0.3, 0.4) is 0 Å². The molecule has 0 spiro atoms. The van der Waals surface area contributed by atoms with Crippen LogP contribution in [0.15, 0.2) is 5.17 Å². The summed E-state index contributed by atoms with van der Waals surface area (Å²) in [6.07, 6.45) is 0.219. The monoisotopic (exact) mass is 522 g/mol. The smallest absolute Gasteiger partial charge is 0.434 e. The van der Waals surface area contributed by atoms with Crippen LogP contribution in [0, 0.1) is 0 Å². The van der Waals surface area contributed by atoms with E-state index in [9.17, 15) is 4.79 Å². The summed E-state index contributed by atoms with van der Waals surface area (Å²) in [5, 5.41) is 0. The average Bonchev–Trinajstić information content (AvgIpc) is 2.10.